The van der Waals surface area contributed by atoms with Gasteiger partial charge < -0.3 is 10.6 Å². The van der Waals surface area contributed by atoms with Gasteiger partial charge in [-0.05, 0) is 38.0 Å². The first kappa shape index (κ1) is 11.1. The second-order valence-electron chi connectivity index (χ2n) is 5.08. The molecule has 0 amide bonds. The third kappa shape index (κ3) is 1.73. The van der Waals surface area contributed by atoms with E-state index in [0.717, 1.165) is 12.0 Å². The van der Waals surface area contributed by atoms with Gasteiger partial charge in [-0.2, -0.15) is 0 Å². The highest BCUT2D eigenvalue weighted by Gasteiger charge is 2.38. The summed E-state index contributed by atoms with van der Waals surface area (Å²) in [6, 6.07) is 0.855. The minimum atomic E-state index is 0. The molecule has 0 spiro atoms. The van der Waals surface area contributed by atoms with Gasteiger partial charge in [0.25, 0.3) is 0 Å². The van der Waals surface area contributed by atoms with Gasteiger partial charge >= 0.3 is 0 Å². The maximum absolute atomic E-state index is 6.16. The van der Waals surface area contributed by atoms with Crippen molar-refractivity contribution >= 4 is 12.4 Å². The lowest BCUT2D eigenvalue weighted by molar-refractivity contribution is 0.133. The van der Waals surface area contributed by atoms with Gasteiger partial charge in [0.1, 0.15) is 0 Å². The van der Waals surface area contributed by atoms with E-state index in [9.17, 15) is 0 Å². The molecule has 1 saturated carbocycles. The monoisotopic (exact) mass is 228 g/mol. The van der Waals surface area contributed by atoms with Crippen LogP contribution in [0, 0.1) is 5.92 Å². The number of halogens is 1. The van der Waals surface area contributed by atoms with Gasteiger partial charge in [-0.1, -0.05) is 12.8 Å². The molecule has 2 heterocycles. The standard InChI is InChI=1S/C12H20N2.ClH/c13-10-8-9-4-1-2-5-11(9)14-7-3-6-12(10)14;/h9,11H,1-8,13H2;1H. The summed E-state index contributed by atoms with van der Waals surface area (Å²) in [4.78, 5) is 2.64. The van der Waals surface area contributed by atoms with Crippen molar-refractivity contribution in [3.05, 3.63) is 11.4 Å². The maximum Gasteiger partial charge on any atom is 0.0326 e. The summed E-state index contributed by atoms with van der Waals surface area (Å²) < 4.78 is 0. The van der Waals surface area contributed by atoms with Crippen LogP contribution in [0.1, 0.15) is 44.9 Å². The van der Waals surface area contributed by atoms with E-state index in [0.29, 0.717) is 0 Å². The fourth-order valence-corrected chi connectivity index (χ4v) is 3.64. The van der Waals surface area contributed by atoms with Crippen LogP contribution in [0.4, 0.5) is 0 Å². The van der Waals surface area contributed by atoms with Gasteiger partial charge in [-0.3, -0.25) is 0 Å². The van der Waals surface area contributed by atoms with Crippen LogP contribution in [0.15, 0.2) is 11.4 Å². The van der Waals surface area contributed by atoms with E-state index in [2.05, 4.69) is 4.90 Å². The average Bonchev–Trinajstić information content (AvgIpc) is 2.67. The summed E-state index contributed by atoms with van der Waals surface area (Å²) in [5.41, 5.74) is 8.89. The summed E-state index contributed by atoms with van der Waals surface area (Å²) in [5.74, 6) is 0.880. The zero-order valence-corrected chi connectivity index (χ0v) is 10.1. The van der Waals surface area contributed by atoms with E-state index in [1.54, 1.807) is 0 Å². The lowest BCUT2D eigenvalue weighted by atomic mass is 9.78. The molecular weight excluding hydrogens is 208 g/mol. The first-order valence-corrected chi connectivity index (χ1v) is 6.10. The van der Waals surface area contributed by atoms with Crippen molar-refractivity contribution in [1.29, 1.82) is 0 Å². The molecule has 2 atom stereocenters. The fourth-order valence-electron chi connectivity index (χ4n) is 3.64. The van der Waals surface area contributed by atoms with Crippen LogP contribution in [0.5, 0.6) is 0 Å². The summed E-state index contributed by atoms with van der Waals surface area (Å²) in [6.45, 7) is 1.27. The SMILES string of the molecule is Cl.NC1=C2CCCN2C2CCCCC2C1. The molecule has 0 radical (unpaired) electrons. The number of nitrogens with two attached hydrogens (primary N) is 1. The van der Waals surface area contributed by atoms with Gasteiger partial charge in [0.15, 0.2) is 0 Å². The molecule has 3 rings (SSSR count). The Bertz CT molecular complexity index is 275. The number of rotatable bonds is 0. The Morgan fingerprint density at radius 2 is 1.93 bits per heavy atom. The predicted octanol–water partition coefficient (Wildman–Crippen LogP) is 2.64. The predicted molar refractivity (Wildman–Crippen MR) is 64.8 cm³/mol. The Labute approximate surface area is 98.3 Å². The Kier molecular flexibility index (Phi) is 3.15. The molecular formula is C12H21ClN2. The van der Waals surface area contributed by atoms with E-state index in [4.69, 9.17) is 5.73 Å². The molecule has 0 aromatic carbocycles. The minimum absolute atomic E-state index is 0. The Morgan fingerprint density at radius 3 is 2.80 bits per heavy atom. The molecule has 2 N–H and O–H groups in total. The third-order valence-corrected chi connectivity index (χ3v) is 4.28. The van der Waals surface area contributed by atoms with E-state index < -0.39 is 0 Å². The molecule has 2 unspecified atom stereocenters. The number of fused-ring (bicyclic) bond motifs is 3. The van der Waals surface area contributed by atoms with Gasteiger partial charge in [-0.15, -0.1) is 12.4 Å². The minimum Gasteiger partial charge on any atom is -0.401 e. The zero-order chi connectivity index (χ0) is 9.54. The molecule has 15 heavy (non-hydrogen) atoms. The fraction of sp³-hybridized carbons (Fsp3) is 0.833. The van der Waals surface area contributed by atoms with Crippen LogP contribution in [-0.2, 0) is 0 Å². The van der Waals surface area contributed by atoms with E-state index in [-0.39, 0.29) is 12.4 Å². The Balaban J connectivity index is 0.000000853. The molecule has 2 aliphatic heterocycles. The number of nitrogens with zero attached hydrogens (tertiary/aromatic N) is 1. The van der Waals surface area contributed by atoms with Gasteiger partial charge in [-0.25, -0.2) is 0 Å². The van der Waals surface area contributed by atoms with Gasteiger partial charge in [0.2, 0.25) is 0 Å². The molecule has 2 fully saturated rings. The second kappa shape index (κ2) is 4.25. The molecule has 0 aromatic rings. The van der Waals surface area contributed by atoms with Gasteiger partial charge in [0.05, 0.1) is 0 Å². The summed E-state index contributed by atoms with van der Waals surface area (Å²) in [5, 5.41) is 0. The lowest BCUT2D eigenvalue weighted by Gasteiger charge is -2.44. The normalized spacial score (nSPS) is 34.5. The molecule has 3 aliphatic rings. The van der Waals surface area contributed by atoms with Crippen molar-refractivity contribution < 1.29 is 0 Å². The van der Waals surface area contributed by atoms with Crippen LogP contribution in [0.25, 0.3) is 0 Å². The summed E-state index contributed by atoms with van der Waals surface area (Å²) in [7, 11) is 0. The third-order valence-electron chi connectivity index (χ3n) is 4.28. The van der Waals surface area contributed by atoms with Crippen molar-refractivity contribution in [1.82, 2.24) is 4.90 Å². The molecule has 1 aliphatic carbocycles. The summed E-state index contributed by atoms with van der Waals surface area (Å²) in [6.07, 6.45) is 9.46. The van der Waals surface area contributed by atoms with Crippen molar-refractivity contribution in [3.8, 4) is 0 Å². The van der Waals surface area contributed by atoms with Crippen LogP contribution >= 0.6 is 12.4 Å². The second-order valence-corrected chi connectivity index (χ2v) is 5.08. The summed E-state index contributed by atoms with van der Waals surface area (Å²) >= 11 is 0. The first-order chi connectivity index (χ1) is 6.86. The van der Waals surface area contributed by atoms with Crippen molar-refractivity contribution in [2.45, 2.75) is 51.0 Å². The van der Waals surface area contributed by atoms with Crippen LogP contribution < -0.4 is 5.73 Å². The molecule has 86 valence electrons. The number of hydrogen-bond donors (Lipinski definition) is 1. The highest BCUT2D eigenvalue weighted by Crippen LogP contribution is 2.41. The quantitative estimate of drug-likeness (QED) is 0.691. The molecule has 0 aromatic heterocycles. The Morgan fingerprint density at radius 1 is 1.13 bits per heavy atom. The van der Waals surface area contributed by atoms with Crippen molar-refractivity contribution in [2.75, 3.05) is 6.54 Å². The first-order valence-electron chi connectivity index (χ1n) is 6.10. The topological polar surface area (TPSA) is 29.3 Å². The highest BCUT2D eigenvalue weighted by molar-refractivity contribution is 5.85. The van der Waals surface area contributed by atoms with Crippen molar-refractivity contribution in [3.63, 3.8) is 0 Å². The molecule has 2 nitrogen and oxygen atoms in total. The number of hydrogen-bond acceptors (Lipinski definition) is 2. The largest absolute Gasteiger partial charge is 0.401 e. The smallest absolute Gasteiger partial charge is 0.0326 e. The van der Waals surface area contributed by atoms with Gasteiger partial charge in [0, 0.05) is 24.0 Å². The van der Waals surface area contributed by atoms with Crippen LogP contribution in [0.2, 0.25) is 0 Å². The van der Waals surface area contributed by atoms with E-state index in [1.165, 1.54) is 62.9 Å². The maximum atomic E-state index is 6.16. The Hall–Kier alpha value is -0.370. The molecule has 1 saturated heterocycles. The van der Waals surface area contributed by atoms with E-state index in [1.807, 2.05) is 0 Å². The molecule has 3 heteroatoms. The van der Waals surface area contributed by atoms with Crippen LogP contribution in [-0.4, -0.2) is 17.5 Å². The number of allylic oxidation sites excluding steroid dienone is 2. The molecule has 0 bridgehead atoms. The zero-order valence-electron chi connectivity index (χ0n) is 9.24. The van der Waals surface area contributed by atoms with E-state index >= 15 is 0 Å². The highest BCUT2D eigenvalue weighted by atomic mass is 35.5. The van der Waals surface area contributed by atoms with Crippen molar-refractivity contribution in [2.24, 2.45) is 11.7 Å². The van der Waals surface area contributed by atoms with Crippen LogP contribution in [0.3, 0.4) is 0 Å². The average molecular weight is 229 g/mol. The lowest BCUT2D eigenvalue weighted by Crippen LogP contribution is -2.44.